The molecule has 2 N–H and O–H groups in total. The van der Waals surface area contributed by atoms with Crippen molar-refractivity contribution >= 4 is 16.9 Å². The average molecular weight is 295 g/mol. The van der Waals surface area contributed by atoms with Crippen molar-refractivity contribution in [2.24, 2.45) is 0 Å². The fourth-order valence-electron chi connectivity index (χ4n) is 2.67. The smallest absolute Gasteiger partial charge is 0.328 e. The summed E-state index contributed by atoms with van der Waals surface area (Å²) in [7, 11) is 0. The van der Waals surface area contributed by atoms with Crippen LogP contribution in [-0.4, -0.2) is 23.9 Å². The maximum absolute atomic E-state index is 12.2. The monoisotopic (exact) mass is 295 g/mol. The zero-order valence-electron chi connectivity index (χ0n) is 11.8. The summed E-state index contributed by atoms with van der Waals surface area (Å²) in [5, 5.41) is 0. The molecule has 0 amide bonds. The highest BCUT2D eigenvalue weighted by Gasteiger charge is 2.15. The number of hydrogen-bond acceptors (Lipinski definition) is 3. The number of nitrogens with one attached hydrogen (secondary N) is 2. The summed E-state index contributed by atoms with van der Waals surface area (Å²) in [6.45, 7) is 2.24. The van der Waals surface area contributed by atoms with Gasteiger partial charge in [-0.25, -0.2) is 4.79 Å². The third kappa shape index (κ3) is 1.79. The molecule has 0 spiro atoms. The molecule has 110 valence electrons. The van der Waals surface area contributed by atoms with E-state index in [1.54, 1.807) is 10.6 Å². The zero-order chi connectivity index (χ0) is 15.3. The molecule has 4 aromatic rings. The van der Waals surface area contributed by atoms with E-state index >= 15 is 0 Å². The number of rotatable bonds is 2. The summed E-state index contributed by atoms with van der Waals surface area (Å²) in [4.78, 5) is 34.2. The molecule has 0 saturated heterocycles. The lowest BCUT2D eigenvalue weighted by atomic mass is 10.2. The molecule has 0 aliphatic carbocycles. The second-order valence-corrected chi connectivity index (χ2v) is 5.25. The van der Waals surface area contributed by atoms with Gasteiger partial charge in [-0.15, -0.1) is 0 Å². The maximum Gasteiger partial charge on any atom is 0.330 e. The number of hydrogen-bond donors (Lipinski definition) is 2. The van der Waals surface area contributed by atoms with E-state index in [-0.39, 0.29) is 0 Å². The fourth-order valence-corrected chi connectivity index (χ4v) is 2.67. The van der Waals surface area contributed by atoms with Gasteiger partial charge in [0, 0.05) is 11.9 Å². The van der Waals surface area contributed by atoms with Crippen molar-refractivity contribution in [3.63, 3.8) is 0 Å². The Balaban J connectivity index is 2.03. The van der Waals surface area contributed by atoms with Gasteiger partial charge in [0.05, 0.1) is 6.54 Å². The number of imidazole rings is 2. The lowest BCUT2D eigenvalue weighted by Crippen LogP contribution is -2.31. The van der Waals surface area contributed by atoms with Crippen LogP contribution in [0.2, 0.25) is 0 Å². The molecule has 7 heteroatoms. The summed E-state index contributed by atoms with van der Waals surface area (Å²) in [6, 6.07) is 9.58. The number of H-pyrrole nitrogens is 2. The molecule has 0 saturated carbocycles. The fraction of sp³-hybridized carbons (Fsp3) is 0.133. The highest BCUT2D eigenvalue weighted by Crippen LogP contribution is 2.13. The standard InChI is InChI=1S/C15H13N5O2/c1-9-7-19-11-12(17-14(19)16-9)20(15(22)18-13(11)21)8-10-5-3-2-4-6-10/h2-7H,8H2,1H3,(H,16,17)(H,18,21,22). The van der Waals surface area contributed by atoms with Crippen LogP contribution in [-0.2, 0) is 6.54 Å². The lowest BCUT2D eigenvalue weighted by molar-refractivity contribution is 0.748. The Kier molecular flexibility index (Phi) is 2.56. The summed E-state index contributed by atoms with van der Waals surface area (Å²) in [6.07, 6.45) is 1.79. The van der Waals surface area contributed by atoms with Crippen molar-refractivity contribution < 1.29 is 0 Å². The Morgan fingerprint density at radius 1 is 1.14 bits per heavy atom. The van der Waals surface area contributed by atoms with Crippen LogP contribution in [0.4, 0.5) is 0 Å². The molecular formula is C15H13N5O2. The van der Waals surface area contributed by atoms with Gasteiger partial charge in [0.2, 0.25) is 5.78 Å². The number of nitrogens with zero attached hydrogens (tertiary/aromatic N) is 3. The molecule has 0 unspecified atom stereocenters. The van der Waals surface area contributed by atoms with Crippen molar-refractivity contribution in [3.8, 4) is 0 Å². The van der Waals surface area contributed by atoms with Gasteiger partial charge in [0.1, 0.15) is 0 Å². The minimum absolute atomic E-state index is 0.353. The zero-order valence-corrected chi connectivity index (χ0v) is 11.8. The Labute approximate surface area is 123 Å². The molecule has 3 aromatic heterocycles. The highest BCUT2D eigenvalue weighted by atomic mass is 16.2. The molecule has 4 rings (SSSR count). The molecule has 0 aliphatic heterocycles. The van der Waals surface area contributed by atoms with Gasteiger partial charge in [0.15, 0.2) is 11.2 Å². The van der Waals surface area contributed by atoms with E-state index in [1.807, 2.05) is 37.3 Å². The van der Waals surface area contributed by atoms with E-state index in [0.717, 1.165) is 11.3 Å². The van der Waals surface area contributed by atoms with Crippen LogP contribution in [0.3, 0.4) is 0 Å². The minimum atomic E-state index is -0.459. The third-order valence-corrected chi connectivity index (χ3v) is 3.64. The van der Waals surface area contributed by atoms with E-state index in [4.69, 9.17) is 0 Å². The van der Waals surface area contributed by atoms with Crippen LogP contribution in [0.25, 0.3) is 16.9 Å². The summed E-state index contributed by atoms with van der Waals surface area (Å²) in [5.74, 6) is 0.547. The predicted molar refractivity (Wildman–Crippen MR) is 82.2 cm³/mol. The van der Waals surface area contributed by atoms with Gasteiger partial charge in [-0.05, 0) is 12.5 Å². The van der Waals surface area contributed by atoms with E-state index in [1.165, 1.54) is 4.57 Å². The molecule has 0 aliphatic rings. The van der Waals surface area contributed by atoms with Gasteiger partial charge in [-0.2, -0.15) is 4.98 Å². The van der Waals surface area contributed by atoms with E-state index in [0.29, 0.717) is 23.5 Å². The van der Waals surface area contributed by atoms with Crippen LogP contribution < -0.4 is 11.2 Å². The molecule has 0 bridgehead atoms. The molecule has 0 fully saturated rings. The summed E-state index contributed by atoms with van der Waals surface area (Å²) < 4.78 is 3.15. The number of aromatic amines is 2. The first-order valence-electron chi connectivity index (χ1n) is 6.88. The number of aryl methyl sites for hydroxylation is 1. The third-order valence-electron chi connectivity index (χ3n) is 3.64. The molecule has 3 heterocycles. The second kappa shape index (κ2) is 4.45. The van der Waals surface area contributed by atoms with Gasteiger partial charge >= 0.3 is 5.69 Å². The highest BCUT2D eigenvalue weighted by molar-refractivity contribution is 5.75. The summed E-state index contributed by atoms with van der Waals surface area (Å²) >= 11 is 0. The van der Waals surface area contributed by atoms with Crippen LogP contribution in [0.5, 0.6) is 0 Å². The van der Waals surface area contributed by atoms with Crippen molar-refractivity contribution in [2.45, 2.75) is 13.5 Å². The Morgan fingerprint density at radius 3 is 2.68 bits per heavy atom. The van der Waals surface area contributed by atoms with Crippen LogP contribution in [0, 0.1) is 6.92 Å². The van der Waals surface area contributed by atoms with Crippen molar-refractivity contribution in [1.82, 2.24) is 23.9 Å². The quantitative estimate of drug-likeness (QED) is 0.579. The topological polar surface area (TPSA) is 87.9 Å². The molecule has 7 nitrogen and oxygen atoms in total. The van der Waals surface area contributed by atoms with Crippen molar-refractivity contribution in [3.05, 3.63) is 68.6 Å². The first kappa shape index (κ1) is 12.6. The molecule has 0 radical (unpaired) electrons. The van der Waals surface area contributed by atoms with Crippen molar-refractivity contribution in [2.75, 3.05) is 0 Å². The maximum atomic E-state index is 12.2. The second-order valence-electron chi connectivity index (χ2n) is 5.25. The van der Waals surface area contributed by atoms with E-state index < -0.39 is 11.2 Å². The number of fused-ring (bicyclic) bond motifs is 3. The lowest BCUT2D eigenvalue weighted by Gasteiger charge is -2.05. The molecule has 1 aromatic carbocycles. The largest absolute Gasteiger partial charge is 0.330 e. The molecule has 0 atom stereocenters. The Morgan fingerprint density at radius 2 is 1.91 bits per heavy atom. The average Bonchev–Trinajstić information content (AvgIpc) is 3.00. The first-order valence-corrected chi connectivity index (χ1v) is 6.88. The summed E-state index contributed by atoms with van der Waals surface area (Å²) in [5.41, 5.74) is 1.71. The van der Waals surface area contributed by atoms with Crippen molar-refractivity contribution in [1.29, 1.82) is 0 Å². The van der Waals surface area contributed by atoms with Crippen LogP contribution >= 0.6 is 0 Å². The van der Waals surface area contributed by atoms with Crippen LogP contribution in [0.15, 0.2) is 46.1 Å². The van der Waals surface area contributed by atoms with E-state index in [9.17, 15) is 9.59 Å². The van der Waals surface area contributed by atoms with Gasteiger partial charge in [-0.1, -0.05) is 30.3 Å². The van der Waals surface area contributed by atoms with Crippen LogP contribution in [0.1, 0.15) is 11.3 Å². The number of benzene rings is 1. The molecule has 22 heavy (non-hydrogen) atoms. The SMILES string of the molecule is Cc1cn2c(nc3c2c(=O)[nH]c(=O)n3Cc2ccccc2)[nH]1. The Bertz CT molecular complexity index is 1100. The van der Waals surface area contributed by atoms with Gasteiger partial charge in [0.25, 0.3) is 5.56 Å². The molecular weight excluding hydrogens is 282 g/mol. The number of aromatic nitrogens is 5. The van der Waals surface area contributed by atoms with Gasteiger partial charge in [-0.3, -0.25) is 18.7 Å². The van der Waals surface area contributed by atoms with Gasteiger partial charge < -0.3 is 4.98 Å². The first-order chi connectivity index (χ1) is 10.6. The predicted octanol–water partition coefficient (Wildman–Crippen LogP) is 1.02. The normalized spacial score (nSPS) is 11.5. The van der Waals surface area contributed by atoms with E-state index in [2.05, 4.69) is 15.0 Å². The Hall–Kier alpha value is -3.09. The minimum Gasteiger partial charge on any atom is -0.328 e.